The molecule has 0 spiro atoms. The van der Waals surface area contributed by atoms with Crippen molar-refractivity contribution in [3.63, 3.8) is 0 Å². The second kappa shape index (κ2) is 6.30. The van der Waals surface area contributed by atoms with E-state index in [-0.39, 0.29) is 11.9 Å². The maximum atomic E-state index is 12.1. The van der Waals surface area contributed by atoms with Crippen LogP contribution in [-0.4, -0.2) is 34.1 Å². The van der Waals surface area contributed by atoms with Crippen molar-refractivity contribution in [2.24, 2.45) is 11.8 Å². The van der Waals surface area contributed by atoms with E-state index in [1.165, 1.54) is 0 Å². The zero-order chi connectivity index (χ0) is 13.7. The molecule has 6 heteroatoms. The smallest absolute Gasteiger partial charge is 0.274 e. The van der Waals surface area contributed by atoms with Crippen LogP contribution in [0.5, 0.6) is 0 Å². The highest BCUT2D eigenvalue weighted by Crippen LogP contribution is 2.12. The standard InChI is InChI=1S/C12H21N5O/c1-8(2)7-9(3)17(4)12(18)10-5-6-11(14-13)16-15-10/h5-6,8-9H,7,13H2,1-4H3,(H,14,16). The largest absolute Gasteiger partial charge is 0.338 e. The first-order valence-electron chi connectivity index (χ1n) is 6.03. The molecule has 100 valence electrons. The first-order chi connectivity index (χ1) is 8.45. The highest BCUT2D eigenvalue weighted by Gasteiger charge is 2.19. The third-order valence-corrected chi connectivity index (χ3v) is 2.83. The van der Waals surface area contributed by atoms with Gasteiger partial charge < -0.3 is 10.3 Å². The van der Waals surface area contributed by atoms with Gasteiger partial charge in [-0.25, -0.2) is 5.84 Å². The average molecular weight is 251 g/mol. The van der Waals surface area contributed by atoms with Crippen molar-refractivity contribution in [1.29, 1.82) is 0 Å². The number of nitrogen functional groups attached to an aromatic ring is 1. The first-order valence-corrected chi connectivity index (χ1v) is 6.03. The zero-order valence-corrected chi connectivity index (χ0v) is 11.3. The van der Waals surface area contributed by atoms with Crippen LogP contribution < -0.4 is 11.3 Å². The molecule has 0 fully saturated rings. The summed E-state index contributed by atoms with van der Waals surface area (Å²) >= 11 is 0. The van der Waals surface area contributed by atoms with Gasteiger partial charge in [-0.2, -0.15) is 0 Å². The Morgan fingerprint density at radius 3 is 2.50 bits per heavy atom. The van der Waals surface area contributed by atoms with E-state index in [1.54, 1.807) is 24.1 Å². The Hall–Kier alpha value is -1.69. The lowest BCUT2D eigenvalue weighted by Gasteiger charge is -2.25. The van der Waals surface area contributed by atoms with E-state index in [1.807, 2.05) is 6.92 Å². The molecule has 0 aliphatic carbocycles. The van der Waals surface area contributed by atoms with Gasteiger partial charge in [-0.3, -0.25) is 4.79 Å². The molecule has 0 aliphatic rings. The van der Waals surface area contributed by atoms with Crippen molar-refractivity contribution in [1.82, 2.24) is 15.1 Å². The van der Waals surface area contributed by atoms with Gasteiger partial charge in [-0.1, -0.05) is 13.8 Å². The molecule has 0 saturated heterocycles. The quantitative estimate of drug-likeness (QED) is 0.608. The molecule has 0 radical (unpaired) electrons. The van der Waals surface area contributed by atoms with Crippen molar-refractivity contribution in [2.45, 2.75) is 33.2 Å². The highest BCUT2D eigenvalue weighted by atomic mass is 16.2. The van der Waals surface area contributed by atoms with Crippen LogP contribution >= 0.6 is 0 Å². The minimum Gasteiger partial charge on any atom is -0.338 e. The summed E-state index contributed by atoms with van der Waals surface area (Å²) in [4.78, 5) is 13.8. The van der Waals surface area contributed by atoms with Gasteiger partial charge in [0.05, 0.1) is 0 Å². The molecule has 0 bridgehead atoms. The number of nitrogens with zero attached hydrogens (tertiary/aromatic N) is 3. The van der Waals surface area contributed by atoms with Crippen molar-refractivity contribution in [2.75, 3.05) is 12.5 Å². The fourth-order valence-electron chi connectivity index (χ4n) is 1.74. The summed E-state index contributed by atoms with van der Waals surface area (Å²) in [5, 5.41) is 7.64. The molecule has 1 amide bonds. The van der Waals surface area contributed by atoms with Crippen LogP contribution in [0, 0.1) is 5.92 Å². The molecule has 0 saturated carbocycles. The van der Waals surface area contributed by atoms with Gasteiger partial charge in [-0.05, 0) is 31.4 Å². The SMILES string of the molecule is CC(C)CC(C)N(C)C(=O)c1ccc(NN)nn1. The Balaban J connectivity index is 2.73. The number of hydrogen-bond donors (Lipinski definition) is 2. The Morgan fingerprint density at radius 1 is 1.39 bits per heavy atom. The van der Waals surface area contributed by atoms with Crippen molar-refractivity contribution in [3.8, 4) is 0 Å². The van der Waals surface area contributed by atoms with E-state index in [0.29, 0.717) is 17.4 Å². The summed E-state index contributed by atoms with van der Waals surface area (Å²) in [6, 6.07) is 3.41. The number of nitrogens with two attached hydrogens (primary N) is 1. The third kappa shape index (κ3) is 3.66. The molecule has 6 nitrogen and oxygen atoms in total. The van der Waals surface area contributed by atoms with Crippen molar-refractivity contribution >= 4 is 11.7 Å². The number of rotatable bonds is 5. The third-order valence-electron chi connectivity index (χ3n) is 2.83. The zero-order valence-electron chi connectivity index (χ0n) is 11.3. The molecule has 3 N–H and O–H groups in total. The first kappa shape index (κ1) is 14.4. The molecule has 1 rings (SSSR count). The van der Waals surface area contributed by atoms with Gasteiger partial charge in [0.15, 0.2) is 11.5 Å². The van der Waals surface area contributed by atoms with Gasteiger partial charge in [0, 0.05) is 13.1 Å². The number of anilines is 1. The summed E-state index contributed by atoms with van der Waals surface area (Å²) in [5.74, 6) is 6.05. The van der Waals surface area contributed by atoms with Crippen LogP contribution in [-0.2, 0) is 0 Å². The van der Waals surface area contributed by atoms with Gasteiger partial charge in [-0.15, -0.1) is 10.2 Å². The highest BCUT2D eigenvalue weighted by molar-refractivity contribution is 5.92. The molecular formula is C12H21N5O. The van der Waals surface area contributed by atoms with E-state index in [9.17, 15) is 4.79 Å². The van der Waals surface area contributed by atoms with Crippen LogP contribution in [0.1, 0.15) is 37.7 Å². The molecule has 18 heavy (non-hydrogen) atoms. The van der Waals surface area contributed by atoms with E-state index in [2.05, 4.69) is 29.5 Å². The Bertz CT molecular complexity index is 390. The predicted molar refractivity (Wildman–Crippen MR) is 70.9 cm³/mol. The van der Waals surface area contributed by atoms with E-state index in [4.69, 9.17) is 5.84 Å². The minimum atomic E-state index is -0.126. The monoisotopic (exact) mass is 251 g/mol. The normalized spacial score (nSPS) is 12.3. The van der Waals surface area contributed by atoms with Gasteiger partial charge >= 0.3 is 0 Å². The second-order valence-electron chi connectivity index (χ2n) is 4.84. The van der Waals surface area contributed by atoms with E-state index < -0.39 is 0 Å². The van der Waals surface area contributed by atoms with Crippen molar-refractivity contribution < 1.29 is 4.79 Å². The lowest BCUT2D eigenvalue weighted by atomic mass is 10.0. The average Bonchev–Trinajstić information content (AvgIpc) is 2.36. The maximum absolute atomic E-state index is 12.1. The number of aromatic nitrogens is 2. The van der Waals surface area contributed by atoms with Crippen LogP contribution in [0.4, 0.5) is 5.82 Å². The summed E-state index contributed by atoms with van der Waals surface area (Å²) in [5.41, 5.74) is 2.70. The topological polar surface area (TPSA) is 84.1 Å². The fourth-order valence-corrected chi connectivity index (χ4v) is 1.74. The molecular weight excluding hydrogens is 230 g/mol. The molecule has 0 aromatic carbocycles. The maximum Gasteiger partial charge on any atom is 0.274 e. The van der Waals surface area contributed by atoms with Gasteiger partial charge in [0.1, 0.15) is 0 Å². The van der Waals surface area contributed by atoms with Crippen LogP contribution in [0.25, 0.3) is 0 Å². The summed E-state index contributed by atoms with van der Waals surface area (Å²) < 4.78 is 0. The number of nitrogens with one attached hydrogen (secondary N) is 1. The Kier molecular flexibility index (Phi) is 5.03. The van der Waals surface area contributed by atoms with Crippen molar-refractivity contribution in [3.05, 3.63) is 17.8 Å². The van der Waals surface area contributed by atoms with Gasteiger partial charge in [0.25, 0.3) is 5.91 Å². The number of carbonyl (C=O) groups is 1. The Morgan fingerprint density at radius 2 is 2.06 bits per heavy atom. The van der Waals surface area contributed by atoms with Crippen LogP contribution in [0.2, 0.25) is 0 Å². The number of hydrogen-bond acceptors (Lipinski definition) is 5. The number of carbonyl (C=O) groups excluding carboxylic acids is 1. The van der Waals surface area contributed by atoms with E-state index >= 15 is 0 Å². The molecule has 0 aliphatic heterocycles. The molecule has 1 aromatic heterocycles. The number of hydrazine groups is 1. The molecule has 1 unspecified atom stereocenters. The molecule has 1 aromatic rings. The lowest BCUT2D eigenvalue weighted by Crippen LogP contribution is -2.36. The minimum absolute atomic E-state index is 0.126. The predicted octanol–water partition coefficient (Wildman–Crippen LogP) is 1.27. The summed E-state index contributed by atoms with van der Waals surface area (Å²) in [6.07, 6.45) is 0.956. The summed E-state index contributed by atoms with van der Waals surface area (Å²) in [6.45, 7) is 6.30. The van der Waals surface area contributed by atoms with Crippen LogP contribution in [0.15, 0.2) is 12.1 Å². The fraction of sp³-hybridized carbons (Fsp3) is 0.583. The molecule has 1 atom stereocenters. The second-order valence-corrected chi connectivity index (χ2v) is 4.84. The Labute approximate surface area is 108 Å². The molecule has 1 heterocycles. The van der Waals surface area contributed by atoms with Gasteiger partial charge in [0.2, 0.25) is 0 Å². The van der Waals surface area contributed by atoms with Crippen LogP contribution in [0.3, 0.4) is 0 Å². The van der Waals surface area contributed by atoms with E-state index in [0.717, 1.165) is 6.42 Å². The number of amides is 1. The lowest BCUT2D eigenvalue weighted by molar-refractivity contribution is 0.0721. The summed E-state index contributed by atoms with van der Waals surface area (Å²) in [7, 11) is 1.78.